The molecule has 0 radical (unpaired) electrons. The van der Waals surface area contributed by atoms with Crippen molar-refractivity contribution in [1.29, 1.82) is 0 Å². The highest BCUT2D eigenvalue weighted by atomic mass is 35.5. The normalized spacial score (nSPS) is 16.6. The van der Waals surface area contributed by atoms with Crippen LogP contribution < -0.4 is 19.4 Å². The second-order valence-electron chi connectivity index (χ2n) is 7.55. The molecule has 8 heteroatoms. The average molecular weight is 446 g/mol. The van der Waals surface area contributed by atoms with Gasteiger partial charge in [-0.05, 0) is 43.5 Å². The van der Waals surface area contributed by atoms with Gasteiger partial charge in [0.1, 0.15) is 13.2 Å². The molecule has 0 saturated carbocycles. The first kappa shape index (κ1) is 19.5. The van der Waals surface area contributed by atoms with E-state index in [9.17, 15) is 8.42 Å². The Labute approximate surface area is 180 Å². The van der Waals surface area contributed by atoms with Gasteiger partial charge in [-0.1, -0.05) is 11.6 Å². The average Bonchev–Trinajstić information content (AvgIpc) is 2.77. The lowest BCUT2D eigenvalue weighted by atomic mass is 10.1. The SMILES string of the molecule is O=S(=O)(c1ccc(Cl)cc1)c1c[nH+]c2cc3c(cc2c1N1CCCCC1)OCCO3. The fourth-order valence-corrected chi connectivity index (χ4v) is 5.72. The minimum Gasteiger partial charge on any atom is -0.486 e. The number of aromatic nitrogens is 1. The molecule has 2 aliphatic heterocycles. The molecular weight excluding hydrogens is 424 g/mol. The summed E-state index contributed by atoms with van der Waals surface area (Å²) in [6.07, 6.45) is 4.81. The van der Waals surface area contributed by atoms with Crippen molar-refractivity contribution in [2.75, 3.05) is 31.2 Å². The third-order valence-corrected chi connectivity index (χ3v) is 7.65. The van der Waals surface area contributed by atoms with Gasteiger partial charge in [-0.2, -0.15) is 0 Å². The number of hydrogen-bond donors (Lipinski definition) is 0. The molecule has 156 valence electrons. The van der Waals surface area contributed by atoms with Crippen LogP contribution >= 0.6 is 11.6 Å². The molecule has 0 unspecified atom stereocenters. The van der Waals surface area contributed by atoms with E-state index in [0.29, 0.717) is 29.7 Å². The molecule has 5 rings (SSSR count). The van der Waals surface area contributed by atoms with Crippen LogP contribution in [0, 0.1) is 0 Å². The number of sulfone groups is 1. The number of nitrogens with one attached hydrogen (secondary N) is 1. The maximum atomic E-state index is 13.6. The lowest BCUT2D eigenvalue weighted by Crippen LogP contribution is -2.32. The molecule has 0 spiro atoms. The van der Waals surface area contributed by atoms with Crippen LogP contribution in [0.15, 0.2) is 52.4 Å². The predicted octanol–water partition coefficient (Wildman–Crippen LogP) is 3.90. The van der Waals surface area contributed by atoms with E-state index in [1.807, 2.05) is 12.1 Å². The van der Waals surface area contributed by atoms with Crippen molar-refractivity contribution in [3.05, 3.63) is 47.6 Å². The summed E-state index contributed by atoms with van der Waals surface area (Å²) in [7, 11) is -3.75. The Bertz CT molecular complexity index is 1210. The number of anilines is 1. The number of piperidine rings is 1. The zero-order valence-corrected chi connectivity index (χ0v) is 17.9. The van der Waals surface area contributed by atoms with Gasteiger partial charge in [0, 0.05) is 24.2 Å². The molecule has 0 bridgehead atoms. The molecule has 6 nitrogen and oxygen atoms in total. The summed E-state index contributed by atoms with van der Waals surface area (Å²) in [6.45, 7) is 2.61. The van der Waals surface area contributed by atoms with E-state index in [0.717, 1.165) is 48.9 Å². The Balaban J connectivity index is 1.75. The molecule has 1 saturated heterocycles. The third-order valence-electron chi connectivity index (χ3n) is 5.62. The van der Waals surface area contributed by atoms with Crippen molar-refractivity contribution in [3.63, 3.8) is 0 Å². The Morgan fingerprint density at radius 1 is 0.933 bits per heavy atom. The summed E-state index contributed by atoms with van der Waals surface area (Å²) in [4.78, 5) is 5.83. The summed E-state index contributed by atoms with van der Waals surface area (Å²) in [5.41, 5.74) is 1.53. The van der Waals surface area contributed by atoms with Gasteiger partial charge in [0.05, 0.1) is 22.0 Å². The van der Waals surface area contributed by atoms with Gasteiger partial charge in [0.2, 0.25) is 15.4 Å². The van der Waals surface area contributed by atoms with E-state index in [4.69, 9.17) is 21.1 Å². The number of nitrogens with zero attached hydrogens (tertiary/aromatic N) is 1. The van der Waals surface area contributed by atoms with E-state index in [1.54, 1.807) is 30.5 Å². The predicted molar refractivity (Wildman–Crippen MR) is 114 cm³/mol. The monoisotopic (exact) mass is 445 g/mol. The molecule has 0 atom stereocenters. The molecule has 1 aromatic heterocycles. The van der Waals surface area contributed by atoms with E-state index in [-0.39, 0.29) is 9.79 Å². The molecule has 0 amide bonds. The molecule has 3 aromatic rings. The maximum Gasteiger partial charge on any atom is 0.217 e. The van der Waals surface area contributed by atoms with Gasteiger partial charge in [-0.25, -0.2) is 13.4 Å². The minimum absolute atomic E-state index is 0.218. The Morgan fingerprint density at radius 2 is 1.60 bits per heavy atom. The van der Waals surface area contributed by atoms with Crippen LogP contribution in [-0.2, 0) is 9.84 Å². The highest BCUT2D eigenvalue weighted by molar-refractivity contribution is 7.91. The van der Waals surface area contributed by atoms with Crippen molar-refractivity contribution < 1.29 is 22.9 Å². The molecular formula is C22H22ClN2O4S+. The number of H-pyrrole nitrogens is 1. The number of ether oxygens (including phenoxy) is 2. The zero-order chi connectivity index (χ0) is 20.7. The van der Waals surface area contributed by atoms with E-state index in [2.05, 4.69) is 9.88 Å². The molecule has 0 aliphatic carbocycles. The van der Waals surface area contributed by atoms with E-state index in [1.165, 1.54) is 0 Å². The maximum absolute atomic E-state index is 13.6. The first-order chi connectivity index (χ1) is 14.5. The first-order valence-electron chi connectivity index (χ1n) is 10.1. The standard InChI is InChI=1S/C22H21ClN2O4S/c23-15-4-6-16(7-5-15)30(26,27)21-14-24-18-13-20-19(28-10-11-29-20)12-17(18)22(21)25-8-2-1-3-9-25/h4-7,12-14H,1-3,8-11H2/p+1. The number of halogens is 1. The molecule has 2 aromatic carbocycles. The number of aromatic amines is 1. The zero-order valence-electron chi connectivity index (χ0n) is 16.4. The fraction of sp³-hybridized carbons (Fsp3) is 0.318. The third kappa shape index (κ3) is 3.36. The van der Waals surface area contributed by atoms with Gasteiger partial charge in [0.25, 0.3) is 0 Å². The van der Waals surface area contributed by atoms with Crippen molar-refractivity contribution in [3.8, 4) is 11.5 Å². The van der Waals surface area contributed by atoms with Gasteiger partial charge in [-0.3, -0.25) is 0 Å². The fourth-order valence-electron chi connectivity index (χ4n) is 4.14. The Kier molecular flexibility index (Phi) is 4.95. The van der Waals surface area contributed by atoms with Crippen molar-refractivity contribution in [2.45, 2.75) is 29.1 Å². The number of rotatable bonds is 3. The van der Waals surface area contributed by atoms with Crippen LogP contribution in [0.25, 0.3) is 10.9 Å². The summed E-state index contributed by atoms with van der Waals surface area (Å²) in [6, 6.07) is 10.1. The van der Waals surface area contributed by atoms with Gasteiger partial charge in [-0.15, -0.1) is 0 Å². The number of fused-ring (bicyclic) bond motifs is 2. The highest BCUT2D eigenvalue weighted by Crippen LogP contribution is 2.41. The smallest absolute Gasteiger partial charge is 0.217 e. The molecule has 1 N–H and O–H groups in total. The summed E-state index contributed by atoms with van der Waals surface area (Å²) in [5, 5.41) is 1.32. The molecule has 30 heavy (non-hydrogen) atoms. The number of pyridine rings is 1. The molecule has 3 heterocycles. The number of hydrogen-bond acceptors (Lipinski definition) is 5. The van der Waals surface area contributed by atoms with Crippen molar-refractivity contribution in [1.82, 2.24) is 0 Å². The van der Waals surface area contributed by atoms with E-state index >= 15 is 0 Å². The molecule has 2 aliphatic rings. The second kappa shape index (κ2) is 7.63. The quantitative estimate of drug-likeness (QED) is 0.611. The summed E-state index contributed by atoms with van der Waals surface area (Å²) < 4.78 is 38.7. The minimum atomic E-state index is -3.75. The first-order valence-corrected chi connectivity index (χ1v) is 11.9. The van der Waals surface area contributed by atoms with Crippen molar-refractivity contribution in [2.24, 2.45) is 0 Å². The van der Waals surface area contributed by atoms with Crippen LogP contribution in [-0.4, -0.2) is 34.7 Å². The van der Waals surface area contributed by atoms with Crippen LogP contribution in [0.4, 0.5) is 5.69 Å². The highest BCUT2D eigenvalue weighted by Gasteiger charge is 2.31. The van der Waals surface area contributed by atoms with Gasteiger partial charge >= 0.3 is 0 Å². The molecule has 1 fully saturated rings. The van der Waals surface area contributed by atoms with Crippen LogP contribution in [0.2, 0.25) is 5.02 Å². The lowest BCUT2D eigenvalue weighted by Gasteiger charge is -2.30. The largest absolute Gasteiger partial charge is 0.486 e. The van der Waals surface area contributed by atoms with Crippen LogP contribution in [0.5, 0.6) is 11.5 Å². The van der Waals surface area contributed by atoms with Gasteiger partial charge < -0.3 is 14.4 Å². The van der Waals surface area contributed by atoms with E-state index < -0.39 is 9.84 Å². The summed E-state index contributed by atoms with van der Waals surface area (Å²) >= 11 is 5.97. The van der Waals surface area contributed by atoms with Crippen LogP contribution in [0.1, 0.15) is 19.3 Å². The topological polar surface area (TPSA) is 70.0 Å². The number of benzene rings is 2. The van der Waals surface area contributed by atoms with Gasteiger partial charge in [0.15, 0.2) is 22.6 Å². The Morgan fingerprint density at radius 3 is 2.30 bits per heavy atom. The summed E-state index contributed by atoms with van der Waals surface area (Å²) in [5.74, 6) is 1.31. The Hall–Kier alpha value is -2.51. The lowest BCUT2D eigenvalue weighted by molar-refractivity contribution is -0.347. The van der Waals surface area contributed by atoms with Crippen molar-refractivity contribution >= 4 is 38.0 Å². The van der Waals surface area contributed by atoms with Crippen LogP contribution in [0.3, 0.4) is 0 Å². The second-order valence-corrected chi connectivity index (χ2v) is 9.90.